The van der Waals surface area contributed by atoms with Gasteiger partial charge >= 0.3 is 0 Å². The number of rotatable bonds is 2. The maximum atomic E-state index is 5.92. The topological polar surface area (TPSA) is 43.6 Å². The van der Waals surface area contributed by atoms with E-state index < -0.39 is 0 Å². The van der Waals surface area contributed by atoms with Crippen LogP contribution in [0.4, 0.5) is 0 Å². The van der Waals surface area contributed by atoms with E-state index in [0.717, 1.165) is 16.8 Å². The first-order chi connectivity index (χ1) is 7.18. The molecule has 0 aliphatic carbocycles. The standard InChI is InChI=1S/C10H9ClN4/c1-7(2)9-5-8(11)3-4-10(9)15-6-12-13-14-15/h3-6H,1H2,2H3. The molecule has 1 aromatic heterocycles. The molecule has 0 aliphatic heterocycles. The Balaban J connectivity index is 2.61. The fourth-order valence-corrected chi connectivity index (χ4v) is 1.49. The molecule has 0 bridgehead atoms. The minimum absolute atomic E-state index is 0.671. The molecular weight excluding hydrogens is 212 g/mol. The van der Waals surface area contributed by atoms with E-state index in [2.05, 4.69) is 22.1 Å². The Labute approximate surface area is 92.2 Å². The largest absolute Gasteiger partial charge is 0.200 e. The second-order valence-electron chi connectivity index (χ2n) is 3.20. The molecule has 0 aliphatic rings. The van der Waals surface area contributed by atoms with Crippen molar-refractivity contribution in [3.05, 3.63) is 41.7 Å². The van der Waals surface area contributed by atoms with Gasteiger partial charge in [-0.3, -0.25) is 0 Å². The van der Waals surface area contributed by atoms with E-state index in [-0.39, 0.29) is 0 Å². The van der Waals surface area contributed by atoms with Crippen molar-refractivity contribution in [2.75, 3.05) is 0 Å². The summed E-state index contributed by atoms with van der Waals surface area (Å²) >= 11 is 5.92. The number of halogens is 1. The second kappa shape index (κ2) is 3.82. The van der Waals surface area contributed by atoms with Crippen molar-refractivity contribution >= 4 is 17.2 Å². The van der Waals surface area contributed by atoms with E-state index in [0.29, 0.717) is 5.02 Å². The molecule has 76 valence electrons. The van der Waals surface area contributed by atoms with Crippen molar-refractivity contribution in [1.82, 2.24) is 20.2 Å². The summed E-state index contributed by atoms with van der Waals surface area (Å²) in [6, 6.07) is 5.51. The Hall–Kier alpha value is -1.68. The zero-order chi connectivity index (χ0) is 10.8. The molecule has 0 fully saturated rings. The number of nitrogens with zero attached hydrogens (tertiary/aromatic N) is 4. The summed E-state index contributed by atoms with van der Waals surface area (Å²) < 4.78 is 1.58. The van der Waals surface area contributed by atoms with Gasteiger partial charge in [0.2, 0.25) is 0 Å². The average molecular weight is 221 g/mol. The molecule has 2 rings (SSSR count). The van der Waals surface area contributed by atoms with Crippen LogP contribution in [-0.4, -0.2) is 20.2 Å². The number of aromatic nitrogens is 4. The highest BCUT2D eigenvalue weighted by Crippen LogP contribution is 2.24. The van der Waals surface area contributed by atoms with E-state index in [1.165, 1.54) is 6.33 Å². The first-order valence-corrected chi connectivity index (χ1v) is 4.75. The summed E-state index contributed by atoms with van der Waals surface area (Å²) in [6.45, 7) is 5.81. The molecule has 0 atom stereocenters. The van der Waals surface area contributed by atoms with Crippen LogP contribution in [0.25, 0.3) is 11.3 Å². The van der Waals surface area contributed by atoms with Crippen molar-refractivity contribution in [3.8, 4) is 5.69 Å². The third kappa shape index (κ3) is 1.89. The summed E-state index contributed by atoms with van der Waals surface area (Å²) in [4.78, 5) is 0. The smallest absolute Gasteiger partial charge is 0.143 e. The molecule has 0 amide bonds. The normalized spacial score (nSPS) is 10.3. The summed E-state index contributed by atoms with van der Waals surface area (Å²) in [5.41, 5.74) is 2.73. The lowest BCUT2D eigenvalue weighted by Gasteiger charge is -2.08. The van der Waals surface area contributed by atoms with Gasteiger partial charge in [0.25, 0.3) is 0 Å². The van der Waals surface area contributed by atoms with Crippen LogP contribution in [0.3, 0.4) is 0 Å². The SMILES string of the molecule is C=C(C)c1cc(Cl)ccc1-n1cnnn1. The zero-order valence-corrected chi connectivity index (χ0v) is 8.94. The Bertz CT molecular complexity index is 490. The molecule has 15 heavy (non-hydrogen) atoms. The number of benzene rings is 1. The fourth-order valence-electron chi connectivity index (χ4n) is 1.32. The van der Waals surface area contributed by atoms with E-state index in [4.69, 9.17) is 11.6 Å². The lowest BCUT2D eigenvalue weighted by atomic mass is 10.1. The van der Waals surface area contributed by atoms with E-state index >= 15 is 0 Å². The Morgan fingerprint density at radius 3 is 2.87 bits per heavy atom. The van der Waals surface area contributed by atoms with Crippen molar-refractivity contribution in [2.45, 2.75) is 6.92 Å². The molecule has 0 spiro atoms. The average Bonchev–Trinajstić information content (AvgIpc) is 2.70. The Morgan fingerprint density at radius 2 is 2.27 bits per heavy atom. The second-order valence-corrected chi connectivity index (χ2v) is 3.63. The molecule has 0 unspecified atom stereocenters. The number of hydrogen-bond donors (Lipinski definition) is 0. The Kier molecular flexibility index (Phi) is 2.51. The molecule has 1 heterocycles. The van der Waals surface area contributed by atoms with Gasteiger partial charge in [0.15, 0.2) is 0 Å². The minimum Gasteiger partial charge on any atom is -0.200 e. The van der Waals surface area contributed by atoms with Crippen LogP contribution in [-0.2, 0) is 0 Å². The summed E-state index contributed by atoms with van der Waals surface area (Å²) in [5, 5.41) is 11.7. The molecule has 4 nitrogen and oxygen atoms in total. The van der Waals surface area contributed by atoms with Gasteiger partial charge < -0.3 is 0 Å². The number of tetrazole rings is 1. The minimum atomic E-state index is 0.671. The highest BCUT2D eigenvalue weighted by atomic mass is 35.5. The van der Waals surface area contributed by atoms with Gasteiger partial charge in [0.05, 0.1) is 5.69 Å². The van der Waals surface area contributed by atoms with Gasteiger partial charge in [0.1, 0.15) is 6.33 Å². The molecule has 0 saturated carbocycles. The molecular formula is C10H9ClN4. The third-order valence-corrected chi connectivity index (χ3v) is 2.25. The highest BCUT2D eigenvalue weighted by Gasteiger charge is 2.07. The van der Waals surface area contributed by atoms with E-state index in [1.807, 2.05) is 19.1 Å². The van der Waals surface area contributed by atoms with Gasteiger partial charge in [0, 0.05) is 10.6 Å². The van der Waals surface area contributed by atoms with Gasteiger partial charge in [-0.15, -0.1) is 5.10 Å². The van der Waals surface area contributed by atoms with E-state index in [9.17, 15) is 0 Å². The first-order valence-electron chi connectivity index (χ1n) is 4.37. The lowest BCUT2D eigenvalue weighted by molar-refractivity contribution is 0.787. The van der Waals surface area contributed by atoms with Crippen LogP contribution in [0.1, 0.15) is 12.5 Å². The first kappa shape index (κ1) is 9.86. The van der Waals surface area contributed by atoms with Crippen LogP contribution in [0.5, 0.6) is 0 Å². The highest BCUT2D eigenvalue weighted by molar-refractivity contribution is 6.30. The van der Waals surface area contributed by atoms with Crippen LogP contribution >= 0.6 is 11.6 Å². The molecule has 0 radical (unpaired) electrons. The lowest BCUT2D eigenvalue weighted by Crippen LogP contribution is -1.99. The van der Waals surface area contributed by atoms with Crippen molar-refractivity contribution in [3.63, 3.8) is 0 Å². The molecule has 1 aromatic carbocycles. The van der Waals surface area contributed by atoms with Gasteiger partial charge in [-0.2, -0.15) is 4.68 Å². The van der Waals surface area contributed by atoms with Crippen LogP contribution in [0.15, 0.2) is 31.1 Å². The van der Waals surface area contributed by atoms with Crippen molar-refractivity contribution in [1.29, 1.82) is 0 Å². The third-order valence-electron chi connectivity index (χ3n) is 2.01. The predicted molar refractivity (Wildman–Crippen MR) is 58.9 cm³/mol. The van der Waals surface area contributed by atoms with Crippen LogP contribution in [0.2, 0.25) is 5.02 Å². The maximum absolute atomic E-state index is 5.92. The van der Waals surface area contributed by atoms with Crippen LogP contribution in [0, 0.1) is 0 Å². The van der Waals surface area contributed by atoms with Gasteiger partial charge in [-0.05, 0) is 41.1 Å². The van der Waals surface area contributed by atoms with Gasteiger partial charge in [-0.25, -0.2) is 0 Å². The number of allylic oxidation sites excluding steroid dienone is 1. The monoisotopic (exact) mass is 220 g/mol. The summed E-state index contributed by atoms with van der Waals surface area (Å²) in [7, 11) is 0. The summed E-state index contributed by atoms with van der Waals surface area (Å²) in [5.74, 6) is 0. The molecule has 0 N–H and O–H groups in total. The fraction of sp³-hybridized carbons (Fsp3) is 0.100. The zero-order valence-electron chi connectivity index (χ0n) is 8.18. The molecule has 2 aromatic rings. The number of hydrogen-bond acceptors (Lipinski definition) is 3. The molecule has 5 heteroatoms. The van der Waals surface area contributed by atoms with Crippen molar-refractivity contribution < 1.29 is 0 Å². The quantitative estimate of drug-likeness (QED) is 0.780. The van der Waals surface area contributed by atoms with Gasteiger partial charge in [-0.1, -0.05) is 18.2 Å². The Morgan fingerprint density at radius 1 is 1.47 bits per heavy atom. The van der Waals surface area contributed by atoms with Crippen molar-refractivity contribution in [2.24, 2.45) is 0 Å². The maximum Gasteiger partial charge on any atom is 0.143 e. The molecule has 0 saturated heterocycles. The van der Waals surface area contributed by atoms with Crippen LogP contribution < -0.4 is 0 Å². The van der Waals surface area contributed by atoms with E-state index in [1.54, 1.807) is 10.7 Å². The summed E-state index contributed by atoms with van der Waals surface area (Å²) in [6.07, 6.45) is 1.54. The predicted octanol–water partition coefficient (Wildman–Crippen LogP) is 2.35.